The van der Waals surface area contributed by atoms with Crippen LogP contribution >= 0.6 is 0 Å². The summed E-state index contributed by atoms with van der Waals surface area (Å²) in [6, 6.07) is -0.414. The van der Waals surface area contributed by atoms with Crippen molar-refractivity contribution in [2.45, 2.75) is 6.04 Å². The molecule has 1 aromatic heterocycles. The topological polar surface area (TPSA) is 99.6 Å². The van der Waals surface area contributed by atoms with Crippen molar-refractivity contribution in [3.05, 3.63) is 29.6 Å². The van der Waals surface area contributed by atoms with Gasteiger partial charge in [0, 0.05) is 12.7 Å². The summed E-state index contributed by atoms with van der Waals surface area (Å²) in [4.78, 5) is 38.1. The number of carbonyl (C=O) groups excluding carboxylic acids is 2. The number of hydrogen-bond donors (Lipinski definition) is 2. The first-order chi connectivity index (χ1) is 9.41. The predicted octanol–water partition coefficient (Wildman–Crippen LogP) is -0.615. The van der Waals surface area contributed by atoms with Crippen molar-refractivity contribution in [2.24, 2.45) is 0 Å². The Hall–Kier alpha value is -2.58. The van der Waals surface area contributed by atoms with Crippen molar-refractivity contribution in [1.82, 2.24) is 15.2 Å². The molecule has 0 saturated carbocycles. The van der Waals surface area contributed by atoms with E-state index in [1.165, 1.54) is 0 Å². The average Bonchev–Trinajstić information content (AvgIpc) is 2.40. The third-order valence-electron chi connectivity index (χ3n) is 2.81. The van der Waals surface area contributed by atoms with E-state index in [1.54, 1.807) is 0 Å². The molecule has 2 rings (SSSR count). The molecular formula is C11H9F2N3O4. The van der Waals surface area contributed by atoms with E-state index < -0.39 is 47.7 Å². The zero-order chi connectivity index (χ0) is 14.9. The first-order valence-corrected chi connectivity index (χ1v) is 5.52. The van der Waals surface area contributed by atoms with E-state index in [9.17, 15) is 23.2 Å². The summed E-state index contributed by atoms with van der Waals surface area (Å²) in [6.07, 6.45) is 0.880. The molecule has 1 aliphatic heterocycles. The van der Waals surface area contributed by atoms with Gasteiger partial charge in [-0.3, -0.25) is 9.59 Å². The number of halogens is 2. The van der Waals surface area contributed by atoms with Gasteiger partial charge in [-0.1, -0.05) is 0 Å². The van der Waals surface area contributed by atoms with E-state index in [1.807, 2.05) is 0 Å². The maximum atomic E-state index is 13.5. The molecule has 0 aliphatic carbocycles. The smallest absolute Gasteiger partial charge is 0.328 e. The van der Waals surface area contributed by atoms with Gasteiger partial charge in [-0.05, 0) is 6.07 Å². The molecule has 2 N–H and O–H groups in total. The Morgan fingerprint density at radius 2 is 2.15 bits per heavy atom. The number of aromatic nitrogens is 1. The summed E-state index contributed by atoms with van der Waals surface area (Å²) >= 11 is 0. The van der Waals surface area contributed by atoms with Crippen LogP contribution in [0.5, 0.6) is 0 Å². The second-order valence-electron chi connectivity index (χ2n) is 4.05. The number of nitrogens with zero attached hydrogens (tertiary/aromatic N) is 2. The van der Waals surface area contributed by atoms with Crippen LogP contribution in [-0.2, 0) is 9.59 Å². The molecule has 1 unspecified atom stereocenters. The molecule has 1 aromatic rings. The summed E-state index contributed by atoms with van der Waals surface area (Å²) in [5.74, 6) is -5.96. The number of nitrogens with one attached hydrogen (secondary N) is 1. The maximum absolute atomic E-state index is 13.5. The molecule has 1 saturated heterocycles. The van der Waals surface area contributed by atoms with Crippen molar-refractivity contribution in [3.8, 4) is 0 Å². The van der Waals surface area contributed by atoms with Crippen molar-refractivity contribution in [2.75, 3.05) is 13.1 Å². The molecule has 2 heterocycles. The SMILES string of the molecule is O=C1CN(C(=O)c2ccnc(F)c2F)C(C(=O)O)CN1. The third kappa shape index (κ3) is 2.42. The molecule has 0 spiro atoms. The number of aliphatic carboxylic acids is 1. The minimum absolute atomic E-state index is 0.297. The first-order valence-electron chi connectivity index (χ1n) is 5.52. The van der Waals surface area contributed by atoms with Crippen LogP contribution in [0, 0.1) is 11.8 Å². The Kier molecular flexibility index (Phi) is 3.59. The van der Waals surface area contributed by atoms with Gasteiger partial charge >= 0.3 is 5.97 Å². The minimum Gasteiger partial charge on any atom is -0.480 e. The Labute approximate surface area is 111 Å². The maximum Gasteiger partial charge on any atom is 0.328 e. The summed E-state index contributed by atoms with van der Waals surface area (Å²) in [7, 11) is 0. The van der Waals surface area contributed by atoms with Crippen molar-refractivity contribution in [1.29, 1.82) is 0 Å². The number of carbonyl (C=O) groups is 3. The number of hydrogen-bond acceptors (Lipinski definition) is 4. The van der Waals surface area contributed by atoms with Crippen LogP contribution in [0.2, 0.25) is 0 Å². The largest absolute Gasteiger partial charge is 0.480 e. The molecule has 0 radical (unpaired) electrons. The van der Waals surface area contributed by atoms with Crippen molar-refractivity contribution < 1.29 is 28.3 Å². The fraction of sp³-hybridized carbons (Fsp3) is 0.273. The quantitative estimate of drug-likeness (QED) is 0.706. The van der Waals surface area contributed by atoms with Crippen LogP contribution in [-0.4, -0.2) is 51.9 Å². The van der Waals surface area contributed by atoms with Crippen molar-refractivity contribution >= 4 is 17.8 Å². The summed E-state index contributed by atoms with van der Waals surface area (Å²) < 4.78 is 26.5. The zero-order valence-electron chi connectivity index (χ0n) is 9.97. The number of carboxylic acids is 1. The van der Waals surface area contributed by atoms with Crippen LogP contribution in [0.1, 0.15) is 10.4 Å². The Morgan fingerprint density at radius 1 is 1.45 bits per heavy atom. The molecule has 9 heteroatoms. The van der Waals surface area contributed by atoms with Gasteiger partial charge < -0.3 is 15.3 Å². The van der Waals surface area contributed by atoms with Gasteiger partial charge in [0.05, 0.1) is 5.56 Å². The van der Waals surface area contributed by atoms with Gasteiger partial charge in [0.2, 0.25) is 11.9 Å². The standard InChI is InChI=1S/C11H9F2N3O4/c12-8-5(1-2-14-9(8)13)10(18)16-4-7(17)15-3-6(16)11(19)20/h1-2,6H,3-4H2,(H,15,17)(H,19,20). The lowest BCUT2D eigenvalue weighted by molar-refractivity contribution is -0.144. The molecule has 1 atom stereocenters. The fourth-order valence-corrected chi connectivity index (χ4v) is 1.81. The molecule has 20 heavy (non-hydrogen) atoms. The van der Waals surface area contributed by atoms with E-state index in [0.717, 1.165) is 12.3 Å². The molecular weight excluding hydrogens is 276 g/mol. The molecule has 0 bridgehead atoms. The van der Waals surface area contributed by atoms with Crippen LogP contribution in [0.15, 0.2) is 12.3 Å². The molecule has 2 amide bonds. The van der Waals surface area contributed by atoms with E-state index in [2.05, 4.69) is 10.3 Å². The molecule has 1 aliphatic rings. The predicted molar refractivity (Wildman–Crippen MR) is 59.6 cm³/mol. The molecule has 7 nitrogen and oxygen atoms in total. The highest BCUT2D eigenvalue weighted by molar-refractivity contribution is 6.00. The monoisotopic (exact) mass is 285 g/mol. The van der Waals surface area contributed by atoms with Crippen LogP contribution < -0.4 is 5.32 Å². The van der Waals surface area contributed by atoms with E-state index >= 15 is 0 Å². The third-order valence-corrected chi connectivity index (χ3v) is 2.81. The number of pyridine rings is 1. The van der Waals surface area contributed by atoms with Crippen molar-refractivity contribution in [3.63, 3.8) is 0 Å². The minimum atomic E-state index is -1.48. The molecule has 0 aromatic carbocycles. The van der Waals surface area contributed by atoms with Gasteiger partial charge in [0.15, 0.2) is 5.82 Å². The lowest BCUT2D eigenvalue weighted by atomic mass is 10.1. The van der Waals surface area contributed by atoms with Crippen LogP contribution in [0.25, 0.3) is 0 Å². The van der Waals surface area contributed by atoms with Gasteiger partial charge in [0.1, 0.15) is 12.6 Å². The number of rotatable bonds is 2. The highest BCUT2D eigenvalue weighted by Crippen LogP contribution is 2.15. The van der Waals surface area contributed by atoms with E-state index in [0.29, 0.717) is 4.90 Å². The summed E-state index contributed by atoms with van der Waals surface area (Å²) in [5.41, 5.74) is -0.668. The second kappa shape index (κ2) is 5.19. The van der Waals surface area contributed by atoms with E-state index in [-0.39, 0.29) is 6.54 Å². The first kappa shape index (κ1) is 13.8. The number of piperazine rings is 1. The molecule has 1 fully saturated rings. The second-order valence-corrected chi connectivity index (χ2v) is 4.05. The van der Waals surface area contributed by atoms with Gasteiger partial charge in [-0.15, -0.1) is 0 Å². The summed E-state index contributed by atoms with van der Waals surface area (Å²) in [5, 5.41) is 11.3. The zero-order valence-corrected chi connectivity index (χ0v) is 9.97. The van der Waals surface area contributed by atoms with Crippen LogP contribution in [0.4, 0.5) is 8.78 Å². The number of amides is 2. The highest BCUT2D eigenvalue weighted by atomic mass is 19.2. The van der Waals surface area contributed by atoms with E-state index in [4.69, 9.17) is 5.11 Å². The van der Waals surface area contributed by atoms with Gasteiger partial charge in [-0.25, -0.2) is 14.2 Å². The van der Waals surface area contributed by atoms with Gasteiger partial charge in [0.25, 0.3) is 5.91 Å². The average molecular weight is 285 g/mol. The fourth-order valence-electron chi connectivity index (χ4n) is 1.81. The van der Waals surface area contributed by atoms with Crippen LogP contribution in [0.3, 0.4) is 0 Å². The highest BCUT2D eigenvalue weighted by Gasteiger charge is 2.36. The Balaban J connectivity index is 2.36. The Bertz CT molecular complexity index is 593. The Morgan fingerprint density at radius 3 is 2.80 bits per heavy atom. The molecule has 106 valence electrons. The number of carboxylic acid groups (broad SMARTS) is 1. The normalized spacial score (nSPS) is 18.6. The lowest BCUT2D eigenvalue weighted by Crippen LogP contribution is -2.59. The van der Waals surface area contributed by atoms with Gasteiger partial charge in [-0.2, -0.15) is 4.39 Å². The lowest BCUT2D eigenvalue weighted by Gasteiger charge is -2.32. The summed E-state index contributed by atoms with van der Waals surface area (Å²) in [6.45, 7) is -0.839.